The normalized spacial score (nSPS) is 41.1. The fourth-order valence-electron chi connectivity index (χ4n) is 2.38. The Labute approximate surface area is 80.3 Å². The highest BCUT2D eigenvalue weighted by molar-refractivity contribution is 4.92. The van der Waals surface area contributed by atoms with Gasteiger partial charge in [0, 0.05) is 25.2 Å². The van der Waals surface area contributed by atoms with Crippen LogP contribution in [0.25, 0.3) is 0 Å². The number of likely N-dealkylation sites (tertiary alicyclic amines) is 1. The maximum Gasteiger partial charge on any atom is 0.0570 e. The first-order valence-corrected chi connectivity index (χ1v) is 5.25. The van der Waals surface area contributed by atoms with Crippen molar-refractivity contribution in [2.24, 2.45) is 0 Å². The summed E-state index contributed by atoms with van der Waals surface area (Å²) in [6.07, 6.45) is 3.28. The Morgan fingerprint density at radius 1 is 1.31 bits per heavy atom. The Morgan fingerprint density at radius 2 is 2.00 bits per heavy atom. The second-order valence-electron chi connectivity index (χ2n) is 4.68. The predicted molar refractivity (Wildman–Crippen MR) is 52.7 cm³/mol. The number of aliphatic hydroxyl groups is 1. The minimum Gasteiger partial charge on any atom is -0.393 e. The molecule has 1 N–H and O–H groups in total. The molecule has 0 spiro atoms. The molecule has 76 valence electrons. The lowest BCUT2D eigenvalue weighted by atomic mass is 9.88. The van der Waals surface area contributed by atoms with Gasteiger partial charge < -0.3 is 10.0 Å². The lowest BCUT2D eigenvalue weighted by Crippen LogP contribution is -2.47. The molecule has 0 aromatic rings. The second-order valence-corrected chi connectivity index (χ2v) is 4.68. The molecule has 0 aromatic carbocycles. The third-order valence-corrected chi connectivity index (χ3v) is 3.53. The molecule has 1 heterocycles. The van der Waals surface area contributed by atoms with Gasteiger partial charge in [0.2, 0.25) is 0 Å². The molecule has 13 heavy (non-hydrogen) atoms. The van der Waals surface area contributed by atoms with E-state index in [1.165, 1.54) is 19.5 Å². The summed E-state index contributed by atoms with van der Waals surface area (Å²) in [5.41, 5.74) is 0. The van der Waals surface area contributed by atoms with Gasteiger partial charge in [0.05, 0.1) is 6.10 Å². The van der Waals surface area contributed by atoms with Crippen molar-refractivity contribution in [3.63, 3.8) is 0 Å². The summed E-state index contributed by atoms with van der Waals surface area (Å²) in [6, 6.07) is 1.41. The first kappa shape index (κ1) is 9.44. The third-order valence-electron chi connectivity index (χ3n) is 3.53. The summed E-state index contributed by atoms with van der Waals surface area (Å²) in [6.45, 7) is 2.42. The van der Waals surface area contributed by atoms with Gasteiger partial charge in [-0.2, -0.15) is 0 Å². The van der Waals surface area contributed by atoms with Gasteiger partial charge in [-0.05, 0) is 33.4 Å². The predicted octanol–water partition coefficient (Wildman–Crippen LogP) is 0.146. The monoisotopic (exact) mass is 184 g/mol. The van der Waals surface area contributed by atoms with E-state index in [-0.39, 0.29) is 6.10 Å². The second kappa shape index (κ2) is 3.56. The van der Waals surface area contributed by atoms with E-state index in [2.05, 4.69) is 23.9 Å². The highest BCUT2D eigenvalue weighted by atomic mass is 16.3. The van der Waals surface area contributed by atoms with Crippen molar-refractivity contribution in [1.29, 1.82) is 0 Å². The van der Waals surface area contributed by atoms with Crippen LogP contribution in [0.5, 0.6) is 0 Å². The fraction of sp³-hybridized carbons (Fsp3) is 1.00. The van der Waals surface area contributed by atoms with Crippen LogP contribution >= 0.6 is 0 Å². The quantitative estimate of drug-likeness (QED) is 0.661. The van der Waals surface area contributed by atoms with Crippen LogP contribution in [0.2, 0.25) is 0 Å². The van der Waals surface area contributed by atoms with Crippen LogP contribution in [0, 0.1) is 0 Å². The molecular weight excluding hydrogens is 164 g/mol. The lowest BCUT2D eigenvalue weighted by molar-refractivity contribution is 0.00925. The smallest absolute Gasteiger partial charge is 0.0570 e. The molecule has 3 nitrogen and oxygen atoms in total. The van der Waals surface area contributed by atoms with Crippen LogP contribution in [0.3, 0.4) is 0 Å². The molecule has 0 radical (unpaired) electrons. The molecule has 1 atom stereocenters. The summed E-state index contributed by atoms with van der Waals surface area (Å²) in [5.74, 6) is 0. The summed E-state index contributed by atoms with van der Waals surface area (Å²) in [7, 11) is 4.31. The maximum atomic E-state index is 9.22. The molecule has 1 aliphatic carbocycles. The van der Waals surface area contributed by atoms with Crippen molar-refractivity contribution < 1.29 is 5.11 Å². The molecule has 0 aromatic heterocycles. The first-order chi connectivity index (χ1) is 6.16. The molecular formula is C10H20N2O. The third kappa shape index (κ3) is 1.87. The SMILES string of the molecule is CN(C)C1CCN([C@H]2C[C@@H](O)C2)C1. The average Bonchev–Trinajstić information content (AvgIpc) is 2.46. The first-order valence-electron chi connectivity index (χ1n) is 5.25. The van der Waals surface area contributed by atoms with Gasteiger partial charge >= 0.3 is 0 Å². The van der Waals surface area contributed by atoms with E-state index in [1.807, 2.05) is 0 Å². The van der Waals surface area contributed by atoms with Crippen molar-refractivity contribution in [3.05, 3.63) is 0 Å². The van der Waals surface area contributed by atoms with Gasteiger partial charge in [0.15, 0.2) is 0 Å². The maximum absolute atomic E-state index is 9.22. The van der Waals surface area contributed by atoms with Crippen molar-refractivity contribution in [1.82, 2.24) is 9.80 Å². The molecule has 1 saturated carbocycles. The van der Waals surface area contributed by atoms with E-state index in [1.54, 1.807) is 0 Å². The molecule has 0 amide bonds. The van der Waals surface area contributed by atoms with Crippen LogP contribution < -0.4 is 0 Å². The Kier molecular flexibility index (Phi) is 2.58. The summed E-state index contributed by atoms with van der Waals surface area (Å²) < 4.78 is 0. The minimum absolute atomic E-state index is 0.0107. The highest BCUT2D eigenvalue weighted by Crippen LogP contribution is 2.29. The van der Waals surface area contributed by atoms with Crippen LogP contribution in [0.1, 0.15) is 19.3 Å². The standard InChI is InChI=1S/C10H20N2O/c1-11(2)8-3-4-12(7-8)9-5-10(13)6-9/h8-10,13H,3-7H2,1-2H3/t8?,9-,10+. The van der Waals surface area contributed by atoms with E-state index < -0.39 is 0 Å². The minimum atomic E-state index is -0.0107. The van der Waals surface area contributed by atoms with Crippen molar-refractivity contribution in [2.45, 2.75) is 37.5 Å². The Bertz CT molecular complexity index is 178. The number of aliphatic hydroxyl groups excluding tert-OH is 1. The Morgan fingerprint density at radius 3 is 2.46 bits per heavy atom. The largest absolute Gasteiger partial charge is 0.393 e. The molecule has 2 rings (SSSR count). The molecule has 3 heteroatoms. The number of likely N-dealkylation sites (N-methyl/N-ethyl adjacent to an activating group) is 1. The number of rotatable bonds is 2. The van der Waals surface area contributed by atoms with Gasteiger partial charge in [-0.15, -0.1) is 0 Å². The number of hydrogen-bond donors (Lipinski definition) is 1. The zero-order valence-corrected chi connectivity index (χ0v) is 8.61. The molecule has 2 fully saturated rings. The van der Waals surface area contributed by atoms with E-state index >= 15 is 0 Å². The van der Waals surface area contributed by atoms with E-state index in [9.17, 15) is 5.11 Å². The zero-order chi connectivity index (χ0) is 9.42. The van der Waals surface area contributed by atoms with E-state index in [4.69, 9.17) is 0 Å². The van der Waals surface area contributed by atoms with E-state index in [0.717, 1.165) is 18.9 Å². The van der Waals surface area contributed by atoms with Crippen molar-refractivity contribution in [3.8, 4) is 0 Å². The molecule has 1 unspecified atom stereocenters. The average molecular weight is 184 g/mol. The zero-order valence-electron chi connectivity index (χ0n) is 8.61. The van der Waals surface area contributed by atoms with Crippen LogP contribution in [0.4, 0.5) is 0 Å². The number of hydrogen-bond acceptors (Lipinski definition) is 3. The summed E-state index contributed by atoms with van der Waals surface area (Å²) >= 11 is 0. The van der Waals surface area contributed by atoms with Crippen molar-refractivity contribution in [2.75, 3.05) is 27.2 Å². The lowest BCUT2D eigenvalue weighted by Gasteiger charge is -2.38. The van der Waals surface area contributed by atoms with Crippen LogP contribution in [-0.2, 0) is 0 Å². The van der Waals surface area contributed by atoms with E-state index in [0.29, 0.717) is 6.04 Å². The molecule has 2 aliphatic rings. The van der Waals surface area contributed by atoms with Gasteiger partial charge in [0.25, 0.3) is 0 Å². The van der Waals surface area contributed by atoms with Crippen LogP contribution in [0.15, 0.2) is 0 Å². The van der Waals surface area contributed by atoms with Gasteiger partial charge in [-0.25, -0.2) is 0 Å². The molecule has 1 saturated heterocycles. The Balaban J connectivity index is 1.78. The Hall–Kier alpha value is -0.120. The summed E-state index contributed by atoms with van der Waals surface area (Å²) in [5, 5.41) is 9.22. The summed E-state index contributed by atoms with van der Waals surface area (Å²) in [4.78, 5) is 4.85. The highest BCUT2D eigenvalue weighted by Gasteiger charge is 2.36. The van der Waals surface area contributed by atoms with Gasteiger partial charge in [0.1, 0.15) is 0 Å². The topological polar surface area (TPSA) is 26.7 Å². The number of nitrogens with zero attached hydrogens (tertiary/aromatic N) is 2. The van der Waals surface area contributed by atoms with Gasteiger partial charge in [-0.1, -0.05) is 0 Å². The molecule has 1 aliphatic heterocycles. The van der Waals surface area contributed by atoms with Crippen molar-refractivity contribution >= 4 is 0 Å². The molecule has 0 bridgehead atoms. The van der Waals surface area contributed by atoms with Crippen LogP contribution in [-0.4, -0.2) is 60.3 Å². The fourth-order valence-corrected chi connectivity index (χ4v) is 2.38. The van der Waals surface area contributed by atoms with Gasteiger partial charge in [-0.3, -0.25) is 4.90 Å².